The molecule has 20 heavy (non-hydrogen) atoms. The fourth-order valence-corrected chi connectivity index (χ4v) is 3.15. The van der Waals surface area contributed by atoms with Crippen molar-refractivity contribution in [3.8, 4) is 0 Å². The molecule has 4 rings (SSSR count). The number of hydrogen-bond acceptors (Lipinski definition) is 3. The summed E-state index contributed by atoms with van der Waals surface area (Å²) in [5.74, 6) is -0.207. The van der Waals surface area contributed by atoms with E-state index in [1.165, 1.54) is 0 Å². The average molecular weight is 262 g/mol. The van der Waals surface area contributed by atoms with Crippen LogP contribution in [-0.4, -0.2) is 17.3 Å². The Morgan fingerprint density at radius 2 is 1.30 bits per heavy atom. The number of carbonyl (C=O) groups is 3. The van der Waals surface area contributed by atoms with Gasteiger partial charge < -0.3 is 0 Å². The number of ketones is 3. The van der Waals surface area contributed by atoms with E-state index in [4.69, 9.17) is 0 Å². The molecule has 0 amide bonds. The molecule has 3 heteroatoms. The van der Waals surface area contributed by atoms with Crippen molar-refractivity contribution in [2.75, 3.05) is 0 Å². The van der Waals surface area contributed by atoms with Gasteiger partial charge in [-0.25, -0.2) is 0 Å². The molecular weight excluding hydrogens is 252 g/mol. The lowest BCUT2D eigenvalue weighted by molar-refractivity contribution is 0.0978. The first kappa shape index (κ1) is 11.3. The summed E-state index contributed by atoms with van der Waals surface area (Å²) in [4.78, 5) is 36.9. The molecule has 0 fully saturated rings. The Labute approximate surface area is 115 Å². The minimum absolute atomic E-state index is 0.0573. The number of benzene rings is 2. The number of carbonyl (C=O) groups excluding carboxylic acids is 3. The molecule has 0 unspecified atom stereocenters. The minimum atomic E-state index is -0.137. The third-order valence-corrected chi connectivity index (χ3v) is 4.10. The van der Waals surface area contributed by atoms with Gasteiger partial charge in [0.2, 0.25) is 0 Å². The van der Waals surface area contributed by atoms with Crippen molar-refractivity contribution in [1.29, 1.82) is 0 Å². The van der Waals surface area contributed by atoms with Gasteiger partial charge in [-0.3, -0.25) is 14.4 Å². The fraction of sp³-hybridized carbons (Fsp3) is 0.118. The summed E-state index contributed by atoms with van der Waals surface area (Å²) in [6.07, 6.45) is 0.980. The highest BCUT2D eigenvalue weighted by Gasteiger charge is 2.34. The SMILES string of the molecule is O=C1CCc2c1ccc1c2C(=O)c2ccccc2C1=O. The average Bonchev–Trinajstić information content (AvgIpc) is 2.86. The summed E-state index contributed by atoms with van der Waals surface area (Å²) in [5.41, 5.74) is 3.12. The van der Waals surface area contributed by atoms with Crippen LogP contribution in [-0.2, 0) is 6.42 Å². The first-order valence-electron chi connectivity index (χ1n) is 6.56. The third-order valence-electron chi connectivity index (χ3n) is 4.10. The van der Waals surface area contributed by atoms with Gasteiger partial charge in [0.1, 0.15) is 0 Å². The van der Waals surface area contributed by atoms with Crippen LogP contribution in [0.3, 0.4) is 0 Å². The van der Waals surface area contributed by atoms with Gasteiger partial charge in [-0.05, 0) is 18.1 Å². The van der Waals surface area contributed by atoms with Crippen LogP contribution in [0.1, 0.15) is 54.2 Å². The van der Waals surface area contributed by atoms with Gasteiger partial charge in [-0.15, -0.1) is 0 Å². The second kappa shape index (κ2) is 3.73. The summed E-state index contributed by atoms with van der Waals surface area (Å²) in [5, 5.41) is 0. The van der Waals surface area contributed by atoms with Gasteiger partial charge in [-0.2, -0.15) is 0 Å². The van der Waals surface area contributed by atoms with E-state index < -0.39 is 0 Å². The maximum absolute atomic E-state index is 12.7. The van der Waals surface area contributed by atoms with Crippen molar-refractivity contribution >= 4 is 17.3 Å². The van der Waals surface area contributed by atoms with Crippen LogP contribution in [0.25, 0.3) is 0 Å². The smallest absolute Gasteiger partial charge is 0.194 e. The topological polar surface area (TPSA) is 51.2 Å². The zero-order valence-corrected chi connectivity index (χ0v) is 10.6. The molecule has 2 aliphatic rings. The molecule has 0 atom stereocenters. The molecule has 0 N–H and O–H groups in total. The lowest BCUT2D eigenvalue weighted by Gasteiger charge is -2.19. The molecule has 0 spiro atoms. The minimum Gasteiger partial charge on any atom is -0.294 e. The molecule has 96 valence electrons. The van der Waals surface area contributed by atoms with Crippen molar-refractivity contribution in [2.45, 2.75) is 12.8 Å². The second-order valence-electron chi connectivity index (χ2n) is 5.14. The van der Waals surface area contributed by atoms with Crippen LogP contribution in [0.5, 0.6) is 0 Å². The maximum atomic E-state index is 12.7. The Kier molecular flexibility index (Phi) is 2.11. The Morgan fingerprint density at radius 1 is 0.650 bits per heavy atom. The molecule has 0 aromatic heterocycles. The summed E-state index contributed by atoms with van der Waals surface area (Å²) in [7, 11) is 0. The van der Waals surface area contributed by atoms with E-state index in [-0.39, 0.29) is 17.3 Å². The number of fused-ring (bicyclic) bond motifs is 4. The molecular formula is C17H10O3. The van der Waals surface area contributed by atoms with Gasteiger partial charge in [-0.1, -0.05) is 30.3 Å². The van der Waals surface area contributed by atoms with Crippen LogP contribution < -0.4 is 0 Å². The van der Waals surface area contributed by atoms with Crippen molar-refractivity contribution in [3.63, 3.8) is 0 Å². The van der Waals surface area contributed by atoms with Gasteiger partial charge in [0.05, 0.1) is 0 Å². The van der Waals surface area contributed by atoms with Crippen LogP contribution in [0.2, 0.25) is 0 Å². The summed E-state index contributed by atoms with van der Waals surface area (Å²) < 4.78 is 0. The van der Waals surface area contributed by atoms with Crippen LogP contribution in [0.4, 0.5) is 0 Å². The zero-order chi connectivity index (χ0) is 13.9. The molecule has 0 bridgehead atoms. The maximum Gasteiger partial charge on any atom is 0.194 e. The first-order chi connectivity index (χ1) is 9.68. The Bertz CT molecular complexity index is 815. The highest BCUT2D eigenvalue weighted by molar-refractivity contribution is 6.29. The molecule has 3 nitrogen and oxygen atoms in total. The molecule has 2 aromatic carbocycles. The molecule has 0 radical (unpaired) electrons. The van der Waals surface area contributed by atoms with Gasteiger partial charge in [0.15, 0.2) is 17.3 Å². The molecule has 2 aliphatic carbocycles. The quantitative estimate of drug-likeness (QED) is 0.625. The molecule has 0 heterocycles. The van der Waals surface area contributed by atoms with E-state index in [0.717, 1.165) is 5.56 Å². The standard InChI is InChI=1S/C17H10O3/c18-14-8-7-10-9(14)5-6-13-15(10)17(20)12-4-2-1-3-11(12)16(13)19/h1-6H,7-8H2. The van der Waals surface area contributed by atoms with Crippen molar-refractivity contribution in [1.82, 2.24) is 0 Å². The Hall–Kier alpha value is -2.55. The first-order valence-corrected chi connectivity index (χ1v) is 6.56. The molecule has 0 saturated heterocycles. The van der Waals surface area contributed by atoms with Crippen molar-refractivity contribution in [2.24, 2.45) is 0 Å². The second-order valence-corrected chi connectivity index (χ2v) is 5.14. The van der Waals surface area contributed by atoms with Gasteiger partial charge in [0.25, 0.3) is 0 Å². The van der Waals surface area contributed by atoms with E-state index in [0.29, 0.717) is 40.7 Å². The van der Waals surface area contributed by atoms with Crippen LogP contribution in [0.15, 0.2) is 36.4 Å². The predicted octanol–water partition coefficient (Wildman–Crippen LogP) is 2.59. The predicted molar refractivity (Wildman–Crippen MR) is 72.4 cm³/mol. The van der Waals surface area contributed by atoms with Crippen molar-refractivity contribution < 1.29 is 14.4 Å². The Balaban J connectivity index is 2.06. The van der Waals surface area contributed by atoms with Crippen LogP contribution >= 0.6 is 0 Å². The summed E-state index contributed by atoms with van der Waals surface area (Å²) in [6.45, 7) is 0. The fourth-order valence-electron chi connectivity index (χ4n) is 3.15. The summed E-state index contributed by atoms with van der Waals surface area (Å²) >= 11 is 0. The zero-order valence-electron chi connectivity index (χ0n) is 10.6. The third kappa shape index (κ3) is 1.27. The lowest BCUT2D eigenvalue weighted by atomic mass is 9.81. The van der Waals surface area contributed by atoms with E-state index in [1.807, 2.05) is 0 Å². The lowest BCUT2D eigenvalue weighted by Crippen LogP contribution is -2.22. The molecule has 2 aromatic rings. The molecule has 0 saturated carbocycles. The normalized spacial score (nSPS) is 15.9. The highest BCUT2D eigenvalue weighted by Crippen LogP contribution is 2.34. The number of Topliss-reactive ketones (excluding diaryl/α,β-unsaturated/α-hetero) is 1. The van der Waals surface area contributed by atoms with E-state index in [9.17, 15) is 14.4 Å². The van der Waals surface area contributed by atoms with E-state index >= 15 is 0 Å². The Morgan fingerprint density at radius 3 is 2.05 bits per heavy atom. The van der Waals surface area contributed by atoms with E-state index in [2.05, 4.69) is 0 Å². The van der Waals surface area contributed by atoms with Gasteiger partial charge in [0, 0.05) is 34.2 Å². The number of rotatable bonds is 0. The van der Waals surface area contributed by atoms with E-state index in [1.54, 1.807) is 36.4 Å². The van der Waals surface area contributed by atoms with Crippen molar-refractivity contribution in [3.05, 3.63) is 69.8 Å². The summed E-state index contributed by atoms with van der Waals surface area (Å²) in [6, 6.07) is 10.2. The monoisotopic (exact) mass is 262 g/mol. The highest BCUT2D eigenvalue weighted by atomic mass is 16.1. The van der Waals surface area contributed by atoms with Crippen LogP contribution in [0, 0.1) is 0 Å². The largest absolute Gasteiger partial charge is 0.294 e. The molecule has 0 aliphatic heterocycles. The van der Waals surface area contributed by atoms with Gasteiger partial charge >= 0.3 is 0 Å². The number of hydrogen-bond donors (Lipinski definition) is 0.